The first kappa shape index (κ1) is 22.6. The average Bonchev–Trinajstić information content (AvgIpc) is 3.06. The topological polar surface area (TPSA) is 20.2 Å². The molecule has 4 rings (SSSR count). The van der Waals surface area contributed by atoms with Gasteiger partial charge in [-0.05, 0) is 110 Å². The Kier molecular flexibility index (Phi) is 6.35. The summed E-state index contributed by atoms with van der Waals surface area (Å²) in [5.41, 5.74) is 2.79. The molecule has 0 heterocycles. The Hall–Kier alpha value is -0.560. The summed E-state index contributed by atoms with van der Waals surface area (Å²) >= 11 is 0. The summed E-state index contributed by atoms with van der Waals surface area (Å²) in [7, 11) is 0. The molecule has 9 atom stereocenters. The maximum absolute atomic E-state index is 10.3. The summed E-state index contributed by atoms with van der Waals surface area (Å²) < 4.78 is 0. The van der Waals surface area contributed by atoms with Gasteiger partial charge in [0.15, 0.2) is 0 Å². The van der Waals surface area contributed by atoms with Crippen molar-refractivity contribution in [1.29, 1.82) is 0 Å². The van der Waals surface area contributed by atoms with Crippen molar-refractivity contribution in [3.05, 3.63) is 23.8 Å². The maximum Gasteiger partial charge on any atom is 0.0543 e. The van der Waals surface area contributed by atoms with Gasteiger partial charge in [-0.1, -0.05) is 65.3 Å². The number of hydrogen-bond acceptors (Lipinski definition) is 1. The molecular weight excluding hydrogens is 364 g/mol. The van der Waals surface area contributed by atoms with Crippen molar-refractivity contribution < 1.29 is 5.11 Å². The normalized spacial score (nSPS) is 45.6. The van der Waals surface area contributed by atoms with E-state index in [2.05, 4.69) is 59.8 Å². The van der Waals surface area contributed by atoms with Gasteiger partial charge in [0, 0.05) is 0 Å². The molecule has 3 saturated carbocycles. The second-order valence-electron chi connectivity index (χ2n) is 12.5. The van der Waals surface area contributed by atoms with Crippen molar-refractivity contribution in [2.24, 2.45) is 52.3 Å². The first-order valence-electron chi connectivity index (χ1n) is 13.3. The molecule has 0 aromatic heterocycles. The average molecular weight is 413 g/mol. The zero-order valence-corrected chi connectivity index (χ0v) is 20.7. The van der Waals surface area contributed by atoms with Gasteiger partial charge in [-0.25, -0.2) is 0 Å². The molecule has 4 aliphatic rings. The predicted molar refractivity (Wildman–Crippen MR) is 128 cm³/mol. The zero-order valence-electron chi connectivity index (χ0n) is 20.7. The Bertz CT molecular complexity index is 674. The molecule has 0 aliphatic heterocycles. The summed E-state index contributed by atoms with van der Waals surface area (Å²) in [6.07, 6.45) is 19.2. The molecule has 0 saturated heterocycles. The van der Waals surface area contributed by atoms with Gasteiger partial charge in [0.25, 0.3) is 0 Å². The van der Waals surface area contributed by atoms with E-state index in [0.29, 0.717) is 22.7 Å². The van der Waals surface area contributed by atoms with Crippen LogP contribution in [0.1, 0.15) is 99.3 Å². The summed E-state index contributed by atoms with van der Waals surface area (Å²) in [6, 6.07) is 0. The number of aliphatic hydroxyl groups excluding tert-OH is 1. The molecule has 0 spiro atoms. The van der Waals surface area contributed by atoms with Crippen LogP contribution in [-0.4, -0.2) is 11.2 Å². The van der Waals surface area contributed by atoms with Crippen molar-refractivity contribution in [3.63, 3.8) is 0 Å². The van der Waals surface area contributed by atoms with Crippen LogP contribution in [0.25, 0.3) is 0 Å². The standard InChI is InChI=1S/C29H48O/c1-7-21(19(2)3)9-8-20(4)25-12-13-26-24-11-10-22-18-23(30)14-16-28(22,5)27(24)15-17-29(25,26)6/h8-9,11,19-23,25-27,30H,7,10,12-18H2,1-6H3/t20?,21?,22-,23?,25-,26+,27+,28-,29+/m0/s1. The maximum atomic E-state index is 10.3. The summed E-state index contributed by atoms with van der Waals surface area (Å²) in [5, 5.41) is 10.3. The third-order valence-corrected chi connectivity index (χ3v) is 10.7. The quantitative estimate of drug-likeness (QED) is 0.457. The number of hydrogen-bond donors (Lipinski definition) is 1. The molecule has 0 aromatic carbocycles. The highest BCUT2D eigenvalue weighted by Gasteiger charge is 2.57. The van der Waals surface area contributed by atoms with Crippen LogP contribution in [0, 0.1) is 52.3 Å². The van der Waals surface area contributed by atoms with Crippen molar-refractivity contribution in [2.75, 3.05) is 0 Å². The Labute approximate surface area is 186 Å². The Morgan fingerprint density at radius 2 is 1.70 bits per heavy atom. The third kappa shape index (κ3) is 3.66. The molecule has 0 radical (unpaired) electrons. The predicted octanol–water partition coefficient (Wildman–Crippen LogP) is 7.80. The molecule has 3 fully saturated rings. The van der Waals surface area contributed by atoms with Gasteiger partial charge in [0.05, 0.1) is 6.10 Å². The van der Waals surface area contributed by atoms with Crippen LogP contribution in [0.2, 0.25) is 0 Å². The van der Waals surface area contributed by atoms with Crippen molar-refractivity contribution in [2.45, 2.75) is 105 Å². The van der Waals surface area contributed by atoms with E-state index in [9.17, 15) is 5.11 Å². The van der Waals surface area contributed by atoms with Crippen LogP contribution in [0.15, 0.2) is 23.8 Å². The molecule has 1 heteroatoms. The second-order valence-corrected chi connectivity index (χ2v) is 12.5. The second kappa shape index (κ2) is 8.42. The highest BCUT2D eigenvalue weighted by atomic mass is 16.3. The lowest BCUT2D eigenvalue weighted by Crippen LogP contribution is -2.49. The SMILES string of the molecule is CCC(C=CC(C)[C@@H]1CC[C@@H]2C3=CC[C@H]4CC(O)CC[C@]4(C)[C@@H]3CC[C@@]21C)C(C)C. The first-order chi connectivity index (χ1) is 14.2. The lowest BCUT2D eigenvalue weighted by Gasteiger charge is -2.57. The minimum atomic E-state index is -0.0480. The first-order valence-corrected chi connectivity index (χ1v) is 13.3. The van der Waals surface area contributed by atoms with Gasteiger partial charge in [0.1, 0.15) is 0 Å². The molecule has 170 valence electrons. The number of allylic oxidation sites excluding steroid dienone is 4. The van der Waals surface area contributed by atoms with E-state index >= 15 is 0 Å². The van der Waals surface area contributed by atoms with E-state index < -0.39 is 0 Å². The monoisotopic (exact) mass is 412 g/mol. The molecule has 30 heavy (non-hydrogen) atoms. The molecule has 0 aromatic rings. The molecule has 4 aliphatic carbocycles. The van der Waals surface area contributed by atoms with E-state index in [1.165, 1.54) is 44.9 Å². The fourth-order valence-corrected chi connectivity index (χ4v) is 8.68. The van der Waals surface area contributed by atoms with E-state index in [1.807, 2.05) is 5.57 Å². The molecule has 0 amide bonds. The Morgan fingerprint density at radius 3 is 2.40 bits per heavy atom. The molecular formula is C29H48O. The minimum Gasteiger partial charge on any atom is -0.393 e. The van der Waals surface area contributed by atoms with E-state index in [1.54, 1.807) is 0 Å². The summed E-state index contributed by atoms with van der Waals surface area (Å²) in [6.45, 7) is 14.8. The summed E-state index contributed by atoms with van der Waals surface area (Å²) in [4.78, 5) is 0. The fourth-order valence-electron chi connectivity index (χ4n) is 8.68. The van der Waals surface area contributed by atoms with Gasteiger partial charge >= 0.3 is 0 Å². The largest absolute Gasteiger partial charge is 0.393 e. The lowest BCUT2D eigenvalue weighted by atomic mass is 9.47. The van der Waals surface area contributed by atoms with E-state index in [-0.39, 0.29) is 6.10 Å². The lowest BCUT2D eigenvalue weighted by molar-refractivity contribution is -0.0414. The number of rotatable bonds is 5. The van der Waals surface area contributed by atoms with Crippen molar-refractivity contribution >= 4 is 0 Å². The van der Waals surface area contributed by atoms with Gasteiger partial charge < -0.3 is 5.11 Å². The molecule has 1 N–H and O–H groups in total. The van der Waals surface area contributed by atoms with Crippen LogP contribution in [0.3, 0.4) is 0 Å². The smallest absolute Gasteiger partial charge is 0.0543 e. The molecule has 3 unspecified atom stereocenters. The van der Waals surface area contributed by atoms with Gasteiger partial charge in [-0.15, -0.1) is 0 Å². The van der Waals surface area contributed by atoms with Gasteiger partial charge in [0.2, 0.25) is 0 Å². The van der Waals surface area contributed by atoms with Crippen LogP contribution in [0.5, 0.6) is 0 Å². The van der Waals surface area contributed by atoms with Crippen LogP contribution < -0.4 is 0 Å². The fraction of sp³-hybridized carbons (Fsp3) is 0.862. The van der Waals surface area contributed by atoms with Crippen molar-refractivity contribution in [3.8, 4) is 0 Å². The third-order valence-electron chi connectivity index (χ3n) is 10.7. The Balaban J connectivity index is 1.53. The van der Waals surface area contributed by atoms with Gasteiger partial charge in [-0.2, -0.15) is 0 Å². The molecule has 1 nitrogen and oxygen atoms in total. The Morgan fingerprint density at radius 1 is 1.00 bits per heavy atom. The van der Waals surface area contributed by atoms with Crippen LogP contribution in [0.4, 0.5) is 0 Å². The number of fused-ring (bicyclic) bond motifs is 5. The number of aliphatic hydroxyl groups is 1. The van der Waals surface area contributed by atoms with Crippen LogP contribution in [-0.2, 0) is 0 Å². The van der Waals surface area contributed by atoms with Crippen molar-refractivity contribution in [1.82, 2.24) is 0 Å². The minimum absolute atomic E-state index is 0.0480. The van der Waals surface area contributed by atoms with Crippen LogP contribution >= 0.6 is 0 Å². The highest BCUT2D eigenvalue weighted by Crippen LogP contribution is 2.66. The zero-order chi connectivity index (χ0) is 21.7. The highest BCUT2D eigenvalue weighted by molar-refractivity contribution is 5.28. The summed E-state index contributed by atoms with van der Waals surface area (Å²) in [5.74, 6) is 5.32. The van der Waals surface area contributed by atoms with E-state index in [4.69, 9.17) is 0 Å². The van der Waals surface area contributed by atoms with Gasteiger partial charge in [-0.3, -0.25) is 0 Å². The molecule has 0 bridgehead atoms. The van der Waals surface area contributed by atoms with E-state index in [0.717, 1.165) is 42.4 Å².